The van der Waals surface area contributed by atoms with Crippen LogP contribution in [0.25, 0.3) is 0 Å². The molecule has 0 heterocycles. The Bertz CT molecular complexity index is 506. The number of carbonyl (C=O) groups excluding carboxylic acids is 1. The third kappa shape index (κ3) is 3.21. The Labute approximate surface area is 108 Å². The molecule has 17 heavy (non-hydrogen) atoms. The van der Waals surface area contributed by atoms with E-state index in [0.717, 1.165) is 6.07 Å². The smallest absolute Gasteiger partial charge is 0.253 e. The summed E-state index contributed by atoms with van der Waals surface area (Å²) in [4.78, 5) is 11.9. The molecule has 1 aromatic carbocycles. The molecule has 1 amide bonds. The second-order valence-corrected chi connectivity index (χ2v) is 4.93. The third-order valence-corrected chi connectivity index (χ3v) is 2.77. The maximum Gasteiger partial charge on any atom is 0.253 e. The van der Waals surface area contributed by atoms with Crippen LogP contribution in [-0.4, -0.2) is 11.4 Å². The molecule has 0 radical (unpaired) electrons. The molecule has 0 aromatic heterocycles. The van der Waals surface area contributed by atoms with Crippen LogP contribution in [0.1, 0.15) is 24.2 Å². The maximum atomic E-state index is 13.1. The zero-order valence-electron chi connectivity index (χ0n) is 9.47. The first-order valence-electron chi connectivity index (χ1n) is 4.81. The number of nitrogens with one attached hydrogen (secondary N) is 1. The largest absolute Gasteiger partial charge is 0.396 e. The van der Waals surface area contributed by atoms with Crippen LogP contribution in [0.2, 0.25) is 0 Å². The van der Waals surface area contributed by atoms with Gasteiger partial charge in [-0.05, 0) is 41.9 Å². The van der Waals surface area contributed by atoms with Crippen molar-refractivity contribution in [3.05, 3.63) is 28.0 Å². The fraction of sp³-hybridized carbons (Fsp3) is 0.250. The van der Waals surface area contributed by atoms with Crippen molar-refractivity contribution in [2.24, 2.45) is 0 Å². The Morgan fingerprint density at radius 1 is 1.59 bits per heavy atom. The molecule has 3 nitrogen and oxygen atoms in total. The lowest BCUT2D eigenvalue weighted by Gasteiger charge is -2.20. The van der Waals surface area contributed by atoms with Crippen LogP contribution in [0.4, 0.5) is 10.1 Å². The van der Waals surface area contributed by atoms with Crippen molar-refractivity contribution in [3.8, 4) is 12.3 Å². The first kappa shape index (κ1) is 13.5. The number of nitrogen functional groups attached to an aromatic ring is 1. The van der Waals surface area contributed by atoms with Gasteiger partial charge in [0.05, 0.1) is 16.8 Å². The molecule has 0 spiro atoms. The second kappa shape index (κ2) is 4.76. The standard InChI is InChI=1S/C12H12BrFN2O/c1-4-12(2,3)16-11(17)7-5-10(15)9(14)6-8(7)13/h1,5-6H,15H2,2-3H3,(H,16,17). The molecule has 0 fully saturated rings. The van der Waals surface area contributed by atoms with Crippen molar-refractivity contribution < 1.29 is 9.18 Å². The second-order valence-electron chi connectivity index (χ2n) is 4.08. The van der Waals surface area contributed by atoms with Gasteiger partial charge >= 0.3 is 0 Å². The molecule has 0 aliphatic heterocycles. The molecule has 0 aliphatic carbocycles. The molecule has 3 N–H and O–H groups in total. The average Bonchev–Trinajstić information content (AvgIpc) is 2.22. The summed E-state index contributed by atoms with van der Waals surface area (Å²) in [5.41, 5.74) is 4.79. The zero-order valence-corrected chi connectivity index (χ0v) is 11.1. The van der Waals surface area contributed by atoms with Crippen LogP contribution in [-0.2, 0) is 0 Å². The average molecular weight is 299 g/mol. The molecular formula is C12H12BrFN2O. The van der Waals surface area contributed by atoms with Gasteiger partial charge in [0, 0.05) is 4.47 Å². The van der Waals surface area contributed by atoms with Crippen LogP contribution >= 0.6 is 15.9 Å². The number of hydrogen-bond acceptors (Lipinski definition) is 2. The fourth-order valence-corrected chi connectivity index (χ4v) is 1.62. The van der Waals surface area contributed by atoms with E-state index in [1.165, 1.54) is 6.07 Å². The number of benzene rings is 1. The van der Waals surface area contributed by atoms with Gasteiger partial charge < -0.3 is 11.1 Å². The van der Waals surface area contributed by atoms with Crippen LogP contribution in [0.5, 0.6) is 0 Å². The van der Waals surface area contributed by atoms with Crippen LogP contribution in [0.15, 0.2) is 16.6 Å². The highest BCUT2D eigenvalue weighted by Crippen LogP contribution is 2.23. The van der Waals surface area contributed by atoms with E-state index in [2.05, 4.69) is 27.2 Å². The van der Waals surface area contributed by atoms with E-state index < -0.39 is 17.3 Å². The SMILES string of the molecule is C#CC(C)(C)NC(=O)c1cc(N)c(F)cc1Br. The Balaban J connectivity index is 3.07. The topological polar surface area (TPSA) is 55.1 Å². The molecule has 0 bridgehead atoms. The van der Waals surface area contributed by atoms with Crippen LogP contribution < -0.4 is 11.1 Å². The molecule has 0 unspecified atom stereocenters. The summed E-state index contributed by atoms with van der Waals surface area (Å²) in [5.74, 6) is 1.45. The van der Waals surface area contributed by atoms with Gasteiger partial charge in [-0.15, -0.1) is 6.42 Å². The molecule has 0 atom stereocenters. The van der Waals surface area contributed by atoms with E-state index in [4.69, 9.17) is 12.2 Å². The monoisotopic (exact) mass is 298 g/mol. The first-order valence-corrected chi connectivity index (χ1v) is 5.61. The highest BCUT2D eigenvalue weighted by Gasteiger charge is 2.20. The zero-order chi connectivity index (χ0) is 13.2. The Morgan fingerprint density at radius 2 is 2.18 bits per heavy atom. The van der Waals surface area contributed by atoms with E-state index in [9.17, 15) is 9.18 Å². The molecule has 0 aliphatic rings. The third-order valence-electron chi connectivity index (χ3n) is 2.12. The summed E-state index contributed by atoms with van der Waals surface area (Å²) in [7, 11) is 0. The highest BCUT2D eigenvalue weighted by molar-refractivity contribution is 9.10. The van der Waals surface area contributed by atoms with Crippen molar-refractivity contribution in [1.82, 2.24) is 5.32 Å². The van der Waals surface area contributed by atoms with E-state index >= 15 is 0 Å². The van der Waals surface area contributed by atoms with Gasteiger partial charge in [0.2, 0.25) is 0 Å². The van der Waals surface area contributed by atoms with Gasteiger partial charge in [0.1, 0.15) is 5.82 Å². The normalized spacial score (nSPS) is 10.8. The summed E-state index contributed by atoms with van der Waals surface area (Å²) in [6.07, 6.45) is 5.26. The quantitative estimate of drug-likeness (QED) is 0.650. The van der Waals surface area contributed by atoms with Gasteiger partial charge in [0.25, 0.3) is 5.91 Å². The van der Waals surface area contributed by atoms with Crippen molar-refractivity contribution in [3.63, 3.8) is 0 Å². The number of rotatable bonds is 2. The summed E-state index contributed by atoms with van der Waals surface area (Å²) in [5, 5.41) is 2.63. The summed E-state index contributed by atoms with van der Waals surface area (Å²) >= 11 is 3.10. The van der Waals surface area contributed by atoms with Crippen molar-refractivity contribution >= 4 is 27.5 Å². The minimum atomic E-state index is -0.778. The van der Waals surface area contributed by atoms with Gasteiger partial charge in [-0.3, -0.25) is 4.79 Å². The van der Waals surface area contributed by atoms with Crippen molar-refractivity contribution in [1.29, 1.82) is 0 Å². The minimum Gasteiger partial charge on any atom is -0.396 e. The first-order chi connectivity index (χ1) is 7.76. The van der Waals surface area contributed by atoms with Gasteiger partial charge in [-0.1, -0.05) is 5.92 Å². The van der Waals surface area contributed by atoms with Gasteiger partial charge in [0.15, 0.2) is 0 Å². The van der Waals surface area contributed by atoms with E-state index in [1.54, 1.807) is 13.8 Å². The molecule has 0 saturated heterocycles. The Hall–Kier alpha value is -1.54. The lowest BCUT2D eigenvalue weighted by molar-refractivity contribution is 0.0929. The molecular weight excluding hydrogens is 287 g/mol. The number of hydrogen-bond donors (Lipinski definition) is 2. The number of anilines is 1. The Morgan fingerprint density at radius 3 is 2.71 bits per heavy atom. The van der Waals surface area contributed by atoms with Crippen molar-refractivity contribution in [2.75, 3.05) is 5.73 Å². The predicted octanol–water partition coefficient (Wildman–Crippen LogP) is 2.31. The summed E-state index contributed by atoms with van der Waals surface area (Å²) in [6, 6.07) is 2.41. The molecule has 1 rings (SSSR count). The number of nitrogens with two attached hydrogens (primary N) is 1. The summed E-state index contributed by atoms with van der Waals surface area (Å²) in [6.45, 7) is 3.37. The molecule has 5 heteroatoms. The number of amides is 1. The van der Waals surface area contributed by atoms with Gasteiger partial charge in [-0.2, -0.15) is 0 Å². The molecule has 90 valence electrons. The number of carbonyl (C=O) groups is 1. The predicted molar refractivity (Wildman–Crippen MR) is 68.9 cm³/mol. The highest BCUT2D eigenvalue weighted by atomic mass is 79.9. The Kier molecular flexibility index (Phi) is 3.79. The number of terminal acetylenes is 1. The van der Waals surface area contributed by atoms with Crippen molar-refractivity contribution in [2.45, 2.75) is 19.4 Å². The summed E-state index contributed by atoms with van der Waals surface area (Å²) < 4.78 is 13.4. The lowest BCUT2D eigenvalue weighted by atomic mass is 10.1. The van der Waals surface area contributed by atoms with Gasteiger partial charge in [-0.25, -0.2) is 4.39 Å². The van der Waals surface area contributed by atoms with E-state index in [-0.39, 0.29) is 11.3 Å². The molecule has 1 aromatic rings. The fourth-order valence-electron chi connectivity index (χ4n) is 1.13. The molecule has 0 saturated carbocycles. The van der Waals surface area contributed by atoms with E-state index in [0.29, 0.717) is 4.47 Å². The number of halogens is 2. The maximum absolute atomic E-state index is 13.1. The van der Waals surface area contributed by atoms with Crippen LogP contribution in [0.3, 0.4) is 0 Å². The lowest BCUT2D eigenvalue weighted by Crippen LogP contribution is -2.42. The van der Waals surface area contributed by atoms with E-state index in [1.807, 2.05) is 0 Å². The van der Waals surface area contributed by atoms with Crippen LogP contribution in [0, 0.1) is 18.2 Å². The minimum absolute atomic E-state index is 0.0862.